The summed E-state index contributed by atoms with van der Waals surface area (Å²) in [5.41, 5.74) is 7.72. The Hall–Kier alpha value is -1.20. The number of piperidine rings is 1. The van der Waals surface area contributed by atoms with Crippen LogP contribution in [-0.4, -0.2) is 48.1 Å². The molecule has 98 valence electrons. The molecule has 1 aromatic rings. The molecule has 0 amide bonds. The number of aromatic nitrogens is 1. The van der Waals surface area contributed by atoms with Gasteiger partial charge in [0.1, 0.15) is 4.99 Å². The Bertz CT molecular complexity index is 435. The Morgan fingerprint density at radius 3 is 3.06 bits per heavy atom. The molecular formula is C13H20N4S. The number of nitrogens with zero attached hydrogens (tertiary/aromatic N) is 3. The van der Waals surface area contributed by atoms with E-state index in [0.717, 1.165) is 17.8 Å². The van der Waals surface area contributed by atoms with E-state index in [9.17, 15) is 0 Å². The molecule has 0 aliphatic carbocycles. The molecule has 0 saturated carbocycles. The molecule has 0 spiro atoms. The summed E-state index contributed by atoms with van der Waals surface area (Å²) in [6, 6.07) is 2.39. The van der Waals surface area contributed by atoms with E-state index in [0.29, 0.717) is 11.0 Å². The van der Waals surface area contributed by atoms with Gasteiger partial charge in [0.2, 0.25) is 0 Å². The Kier molecular flexibility index (Phi) is 4.14. The van der Waals surface area contributed by atoms with Crippen LogP contribution in [0.15, 0.2) is 18.5 Å². The van der Waals surface area contributed by atoms with E-state index in [1.807, 2.05) is 12.3 Å². The number of pyridine rings is 1. The first-order chi connectivity index (χ1) is 8.59. The fourth-order valence-electron chi connectivity index (χ4n) is 2.53. The molecule has 2 rings (SSSR count). The molecule has 1 saturated heterocycles. The molecule has 1 aliphatic rings. The summed E-state index contributed by atoms with van der Waals surface area (Å²) in [4.78, 5) is 9.25. The average Bonchev–Trinajstić information content (AvgIpc) is 2.38. The lowest BCUT2D eigenvalue weighted by Gasteiger charge is -2.37. The third-order valence-electron chi connectivity index (χ3n) is 3.59. The summed E-state index contributed by atoms with van der Waals surface area (Å²) in [5, 5.41) is 0. The van der Waals surface area contributed by atoms with Gasteiger partial charge in [-0.1, -0.05) is 12.2 Å². The monoisotopic (exact) mass is 264 g/mol. The summed E-state index contributed by atoms with van der Waals surface area (Å²) < 4.78 is 0. The molecule has 1 aromatic heterocycles. The predicted molar refractivity (Wildman–Crippen MR) is 79.0 cm³/mol. The van der Waals surface area contributed by atoms with Gasteiger partial charge >= 0.3 is 0 Å². The van der Waals surface area contributed by atoms with Gasteiger partial charge in [-0.2, -0.15) is 0 Å². The predicted octanol–water partition coefficient (Wildman–Crippen LogP) is 1.25. The van der Waals surface area contributed by atoms with Crippen LogP contribution in [0.4, 0.5) is 5.69 Å². The standard InChI is InChI=1S/C13H20N4S/c1-16-7-3-4-10(9-16)17(2)12-8-15-6-5-11(12)13(14)18/h5-6,8,10H,3-4,7,9H2,1-2H3,(H2,14,18). The Morgan fingerprint density at radius 1 is 1.61 bits per heavy atom. The molecule has 0 bridgehead atoms. The van der Waals surface area contributed by atoms with Crippen molar-refractivity contribution in [3.8, 4) is 0 Å². The van der Waals surface area contributed by atoms with Crippen LogP contribution in [0, 0.1) is 0 Å². The Balaban J connectivity index is 2.22. The summed E-state index contributed by atoms with van der Waals surface area (Å²) in [6.45, 7) is 2.25. The molecule has 1 unspecified atom stereocenters. The van der Waals surface area contributed by atoms with Crippen molar-refractivity contribution in [3.63, 3.8) is 0 Å². The number of hydrogen-bond acceptors (Lipinski definition) is 4. The SMILES string of the molecule is CN1CCCC(N(C)c2cnccc2C(N)=S)C1. The maximum absolute atomic E-state index is 5.78. The third kappa shape index (κ3) is 2.79. The topological polar surface area (TPSA) is 45.4 Å². The Morgan fingerprint density at radius 2 is 2.39 bits per heavy atom. The normalized spacial score (nSPS) is 20.7. The van der Waals surface area contributed by atoms with Crippen LogP contribution >= 0.6 is 12.2 Å². The van der Waals surface area contributed by atoms with Crippen molar-refractivity contribution in [1.82, 2.24) is 9.88 Å². The van der Waals surface area contributed by atoms with Crippen LogP contribution in [0.3, 0.4) is 0 Å². The van der Waals surface area contributed by atoms with Crippen LogP contribution in [0.1, 0.15) is 18.4 Å². The lowest BCUT2D eigenvalue weighted by Crippen LogP contribution is -2.45. The van der Waals surface area contributed by atoms with Crippen LogP contribution in [0.5, 0.6) is 0 Å². The van der Waals surface area contributed by atoms with Crippen molar-refractivity contribution in [2.75, 3.05) is 32.1 Å². The largest absolute Gasteiger partial charge is 0.389 e. The van der Waals surface area contributed by atoms with Gasteiger partial charge in [-0.3, -0.25) is 4.98 Å². The minimum absolute atomic E-state index is 0.434. The fourth-order valence-corrected chi connectivity index (χ4v) is 2.70. The highest BCUT2D eigenvalue weighted by Gasteiger charge is 2.23. The zero-order valence-corrected chi connectivity index (χ0v) is 11.8. The van der Waals surface area contributed by atoms with Crippen molar-refractivity contribution in [2.24, 2.45) is 5.73 Å². The zero-order valence-electron chi connectivity index (χ0n) is 11.0. The molecule has 0 radical (unpaired) electrons. The van der Waals surface area contributed by atoms with E-state index in [4.69, 9.17) is 18.0 Å². The highest BCUT2D eigenvalue weighted by Crippen LogP contribution is 2.23. The molecule has 1 aliphatic heterocycles. The maximum atomic E-state index is 5.78. The molecule has 0 aromatic carbocycles. The van der Waals surface area contributed by atoms with Gasteiger partial charge in [-0.25, -0.2) is 0 Å². The van der Waals surface area contributed by atoms with Gasteiger partial charge in [0.25, 0.3) is 0 Å². The lowest BCUT2D eigenvalue weighted by atomic mass is 10.0. The van der Waals surface area contributed by atoms with Crippen LogP contribution in [0.25, 0.3) is 0 Å². The highest BCUT2D eigenvalue weighted by molar-refractivity contribution is 7.80. The van der Waals surface area contributed by atoms with E-state index in [1.54, 1.807) is 6.20 Å². The van der Waals surface area contributed by atoms with Crippen LogP contribution in [-0.2, 0) is 0 Å². The highest BCUT2D eigenvalue weighted by atomic mass is 32.1. The summed E-state index contributed by atoms with van der Waals surface area (Å²) in [7, 11) is 4.26. The summed E-state index contributed by atoms with van der Waals surface area (Å²) >= 11 is 5.11. The van der Waals surface area contributed by atoms with Gasteiger partial charge in [0, 0.05) is 31.4 Å². The summed E-state index contributed by atoms with van der Waals surface area (Å²) in [6.07, 6.45) is 6.02. The fraction of sp³-hybridized carbons (Fsp3) is 0.538. The first-order valence-corrected chi connectivity index (χ1v) is 6.65. The summed E-state index contributed by atoms with van der Waals surface area (Å²) in [5.74, 6) is 0. The number of rotatable bonds is 3. The second kappa shape index (κ2) is 5.63. The number of thiocarbonyl (C=S) groups is 1. The number of hydrogen-bond donors (Lipinski definition) is 1. The van der Waals surface area contributed by atoms with Crippen molar-refractivity contribution in [1.29, 1.82) is 0 Å². The third-order valence-corrected chi connectivity index (χ3v) is 3.81. The van der Waals surface area contributed by atoms with Crippen LogP contribution < -0.4 is 10.6 Å². The maximum Gasteiger partial charge on any atom is 0.106 e. The molecule has 2 N–H and O–H groups in total. The number of likely N-dealkylation sites (N-methyl/N-ethyl adjacent to an activating group) is 2. The quantitative estimate of drug-likeness (QED) is 0.832. The minimum atomic E-state index is 0.434. The first-order valence-electron chi connectivity index (χ1n) is 6.25. The second-order valence-corrected chi connectivity index (χ2v) is 5.37. The van der Waals surface area contributed by atoms with Gasteiger partial charge in [0.15, 0.2) is 0 Å². The molecule has 5 heteroatoms. The molecule has 18 heavy (non-hydrogen) atoms. The van der Waals surface area contributed by atoms with Crippen molar-refractivity contribution < 1.29 is 0 Å². The van der Waals surface area contributed by atoms with Crippen LogP contribution in [0.2, 0.25) is 0 Å². The number of anilines is 1. The minimum Gasteiger partial charge on any atom is -0.389 e. The van der Waals surface area contributed by atoms with E-state index in [-0.39, 0.29) is 0 Å². The van der Waals surface area contributed by atoms with E-state index in [1.165, 1.54) is 19.4 Å². The van der Waals surface area contributed by atoms with E-state index >= 15 is 0 Å². The van der Waals surface area contributed by atoms with E-state index < -0.39 is 0 Å². The van der Waals surface area contributed by atoms with Crippen molar-refractivity contribution in [3.05, 3.63) is 24.0 Å². The smallest absolute Gasteiger partial charge is 0.106 e. The zero-order chi connectivity index (χ0) is 13.1. The molecule has 1 fully saturated rings. The lowest BCUT2D eigenvalue weighted by molar-refractivity contribution is 0.248. The first kappa shape index (κ1) is 13.2. The van der Waals surface area contributed by atoms with Crippen molar-refractivity contribution >= 4 is 22.9 Å². The molecular weight excluding hydrogens is 244 g/mol. The van der Waals surface area contributed by atoms with Gasteiger partial charge in [-0.15, -0.1) is 0 Å². The second-order valence-electron chi connectivity index (χ2n) is 4.93. The van der Waals surface area contributed by atoms with E-state index in [2.05, 4.69) is 28.9 Å². The van der Waals surface area contributed by atoms with Crippen molar-refractivity contribution in [2.45, 2.75) is 18.9 Å². The van der Waals surface area contributed by atoms with Gasteiger partial charge < -0.3 is 15.5 Å². The average molecular weight is 264 g/mol. The number of nitrogens with two attached hydrogens (primary N) is 1. The van der Waals surface area contributed by atoms with Gasteiger partial charge in [-0.05, 0) is 32.5 Å². The van der Waals surface area contributed by atoms with Gasteiger partial charge in [0.05, 0.1) is 11.9 Å². The molecule has 1 atom stereocenters. The number of likely N-dealkylation sites (tertiary alicyclic amines) is 1. The Labute approximate surface area is 114 Å². The molecule has 4 nitrogen and oxygen atoms in total. The molecule has 2 heterocycles.